The fourth-order valence-corrected chi connectivity index (χ4v) is 2.10. The number of hydrogen-bond donors (Lipinski definition) is 1. The summed E-state index contributed by atoms with van der Waals surface area (Å²) in [5.74, 6) is 1.96. The van der Waals surface area contributed by atoms with Gasteiger partial charge in [0, 0.05) is 25.1 Å². The Morgan fingerprint density at radius 1 is 1.47 bits per heavy atom. The smallest absolute Gasteiger partial charge is 0.239 e. The van der Waals surface area contributed by atoms with Crippen molar-refractivity contribution >= 4 is 23.3 Å². The maximum atomic E-state index is 11.6. The van der Waals surface area contributed by atoms with E-state index in [0.29, 0.717) is 17.6 Å². The molecule has 19 heavy (non-hydrogen) atoms. The van der Waals surface area contributed by atoms with Crippen LogP contribution in [0.25, 0.3) is 0 Å². The molecule has 0 aromatic carbocycles. The quantitative estimate of drug-likeness (QED) is 0.838. The van der Waals surface area contributed by atoms with Crippen LogP contribution in [0.15, 0.2) is 0 Å². The molecule has 0 aliphatic heterocycles. The SMILES string of the molecule is CCNC(=O)CN(C)c1nc(C2CC2)nc(Cl)c1C. The average Bonchev–Trinajstić information content (AvgIpc) is 3.16. The minimum Gasteiger partial charge on any atom is -0.355 e. The summed E-state index contributed by atoms with van der Waals surface area (Å²) >= 11 is 6.15. The van der Waals surface area contributed by atoms with E-state index in [9.17, 15) is 4.79 Å². The van der Waals surface area contributed by atoms with Gasteiger partial charge in [-0.3, -0.25) is 4.79 Å². The maximum Gasteiger partial charge on any atom is 0.239 e. The highest BCUT2D eigenvalue weighted by Gasteiger charge is 2.28. The van der Waals surface area contributed by atoms with Crippen molar-refractivity contribution in [3.63, 3.8) is 0 Å². The van der Waals surface area contributed by atoms with Crippen molar-refractivity contribution in [1.82, 2.24) is 15.3 Å². The number of carbonyl (C=O) groups excluding carboxylic acids is 1. The van der Waals surface area contributed by atoms with Crippen molar-refractivity contribution < 1.29 is 4.79 Å². The van der Waals surface area contributed by atoms with Gasteiger partial charge in [0.25, 0.3) is 0 Å². The second kappa shape index (κ2) is 5.74. The molecule has 1 heterocycles. The summed E-state index contributed by atoms with van der Waals surface area (Å²) in [6.45, 7) is 4.67. The fraction of sp³-hybridized carbons (Fsp3) is 0.615. The van der Waals surface area contributed by atoms with Crippen LogP contribution < -0.4 is 10.2 Å². The third-order valence-corrected chi connectivity index (χ3v) is 3.50. The molecule has 5 nitrogen and oxygen atoms in total. The van der Waals surface area contributed by atoms with E-state index in [1.165, 1.54) is 0 Å². The van der Waals surface area contributed by atoms with Gasteiger partial charge in [-0.05, 0) is 26.7 Å². The molecule has 0 spiro atoms. The van der Waals surface area contributed by atoms with Crippen LogP contribution in [-0.2, 0) is 4.79 Å². The van der Waals surface area contributed by atoms with Gasteiger partial charge in [0.15, 0.2) is 0 Å². The fourth-order valence-electron chi connectivity index (χ4n) is 1.93. The van der Waals surface area contributed by atoms with Crippen LogP contribution in [0.4, 0.5) is 5.82 Å². The molecular weight excluding hydrogens is 264 g/mol. The Bertz CT molecular complexity index is 488. The first-order valence-corrected chi connectivity index (χ1v) is 6.92. The lowest BCUT2D eigenvalue weighted by atomic mass is 10.3. The molecule has 0 unspecified atom stereocenters. The normalized spacial score (nSPS) is 14.3. The van der Waals surface area contributed by atoms with Gasteiger partial charge >= 0.3 is 0 Å². The van der Waals surface area contributed by atoms with Gasteiger partial charge < -0.3 is 10.2 Å². The van der Waals surface area contributed by atoms with E-state index >= 15 is 0 Å². The van der Waals surface area contributed by atoms with E-state index in [0.717, 1.165) is 30.0 Å². The van der Waals surface area contributed by atoms with Crippen molar-refractivity contribution in [3.05, 3.63) is 16.5 Å². The lowest BCUT2D eigenvalue weighted by molar-refractivity contribution is -0.119. The lowest BCUT2D eigenvalue weighted by Crippen LogP contribution is -2.35. The van der Waals surface area contributed by atoms with Crippen LogP contribution in [0, 0.1) is 6.92 Å². The Balaban J connectivity index is 2.19. The topological polar surface area (TPSA) is 58.1 Å². The number of rotatable bonds is 5. The molecule has 0 saturated heterocycles. The number of amides is 1. The molecule has 1 fully saturated rings. The van der Waals surface area contributed by atoms with Gasteiger partial charge in [-0.15, -0.1) is 0 Å². The van der Waals surface area contributed by atoms with Gasteiger partial charge in [-0.2, -0.15) is 0 Å². The number of carbonyl (C=O) groups is 1. The minimum absolute atomic E-state index is 0.0212. The zero-order chi connectivity index (χ0) is 14.0. The van der Waals surface area contributed by atoms with E-state index < -0.39 is 0 Å². The number of aromatic nitrogens is 2. The molecule has 1 aliphatic carbocycles. The predicted octanol–water partition coefficient (Wildman–Crippen LogP) is 1.89. The highest BCUT2D eigenvalue weighted by molar-refractivity contribution is 6.30. The van der Waals surface area contributed by atoms with Gasteiger partial charge in [0.2, 0.25) is 5.91 Å². The number of nitrogens with zero attached hydrogens (tertiary/aromatic N) is 3. The summed E-state index contributed by atoms with van der Waals surface area (Å²) in [6, 6.07) is 0. The molecule has 0 radical (unpaired) electrons. The highest BCUT2D eigenvalue weighted by Crippen LogP contribution is 2.39. The number of anilines is 1. The Hall–Kier alpha value is -1.36. The van der Waals surface area contributed by atoms with Crippen molar-refractivity contribution in [2.24, 2.45) is 0 Å². The highest BCUT2D eigenvalue weighted by atomic mass is 35.5. The Labute approximate surface area is 118 Å². The molecule has 104 valence electrons. The molecule has 1 saturated carbocycles. The van der Waals surface area contributed by atoms with Gasteiger partial charge in [0.1, 0.15) is 16.8 Å². The second-order valence-electron chi connectivity index (χ2n) is 4.91. The Kier molecular flexibility index (Phi) is 4.24. The number of nitrogens with one attached hydrogen (secondary N) is 1. The number of likely N-dealkylation sites (N-methyl/N-ethyl adjacent to an activating group) is 2. The van der Waals surface area contributed by atoms with E-state index in [1.54, 1.807) is 0 Å². The van der Waals surface area contributed by atoms with Gasteiger partial charge in [-0.1, -0.05) is 11.6 Å². The van der Waals surface area contributed by atoms with Crippen molar-refractivity contribution in [3.8, 4) is 0 Å². The standard InChI is InChI=1S/C13H19ClN4O/c1-4-15-10(19)7-18(3)13-8(2)11(14)16-12(17-13)9-5-6-9/h9H,4-7H2,1-3H3,(H,15,19). The molecule has 0 atom stereocenters. The number of halogens is 1. The van der Waals surface area contributed by atoms with Crippen molar-refractivity contribution in [2.75, 3.05) is 25.0 Å². The third-order valence-electron chi connectivity index (χ3n) is 3.14. The van der Waals surface area contributed by atoms with Gasteiger partial charge in [-0.25, -0.2) is 9.97 Å². The van der Waals surface area contributed by atoms with Crippen LogP contribution in [0.5, 0.6) is 0 Å². The van der Waals surface area contributed by atoms with Crippen LogP contribution in [0.1, 0.15) is 37.1 Å². The Morgan fingerprint density at radius 3 is 2.74 bits per heavy atom. The van der Waals surface area contributed by atoms with Crippen LogP contribution >= 0.6 is 11.6 Å². The molecule has 1 N–H and O–H groups in total. The van der Waals surface area contributed by atoms with Crippen LogP contribution in [0.3, 0.4) is 0 Å². The molecule has 0 bridgehead atoms. The molecule has 6 heteroatoms. The molecule has 1 aliphatic rings. The summed E-state index contributed by atoms with van der Waals surface area (Å²) in [6.07, 6.45) is 2.25. The average molecular weight is 283 g/mol. The van der Waals surface area contributed by atoms with E-state index in [2.05, 4.69) is 15.3 Å². The van der Waals surface area contributed by atoms with E-state index in [4.69, 9.17) is 11.6 Å². The third kappa shape index (κ3) is 3.35. The summed E-state index contributed by atoms with van der Waals surface area (Å²) < 4.78 is 0. The summed E-state index contributed by atoms with van der Waals surface area (Å²) in [4.78, 5) is 22.3. The summed E-state index contributed by atoms with van der Waals surface area (Å²) in [7, 11) is 1.84. The summed E-state index contributed by atoms with van der Waals surface area (Å²) in [5, 5.41) is 3.25. The first-order valence-electron chi connectivity index (χ1n) is 6.54. The van der Waals surface area contributed by atoms with Crippen molar-refractivity contribution in [2.45, 2.75) is 32.6 Å². The van der Waals surface area contributed by atoms with E-state index in [1.807, 2.05) is 25.8 Å². The molecule has 1 aromatic rings. The number of hydrogen-bond acceptors (Lipinski definition) is 4. The zero-order valence-corrected chi connectivity index (χ0v) is 12.3. The minimum atomic E-state index is -0.0212. The first kappa shape index (κ1) is 14.1. The molecule has 1 aromatic heterocycles. The molecular formula is C13H19ClN4O. The largest absolute Gasteiger partial charge is 0.355 e. The van der Waals surface area contributed by atoms with Crippen molar-refractivity contribution in [1.29, 1.82) is 0 Å². The lowest BCUT2D eigenvalue weighted by Gasteiger charge is -2.20. The second-order valence-corrected chi connectivity index (χ2v) is 5.26. The van der Waals surface area contributed by atoms with Gasteiger partial charge in [0.05, 0.1) is 6.54 Å². The molecule has 1 amide bonds. The zero-order valence-electron chi connectivity index (χ0n) is 11.5. The van der Waals surface area contributed by atoms with E-state index in [-0.39, 0.29) is 12.5 Å². The van der Waals surface area contributed by atoms with Crippen LogP contribution in [-0.4, -0.2) is 36.0 Å². The first-order chi connectivity index (χ1) is 9.02. The molecule has 2 rings (SSSR count). The Morgan fingerprint density at radius 2 is 2.16 bits per heavy atom. The predicted molar refractivity (Wildman–Crippen MR) is 75.7 cm³/mol. The van der Waals surface area contributed by atoms with Crippen LogP contribution in [0.2, 0.25) is 5.15 Å². The maximum absolute atomic E-state index is 11.6. The monoisotopic (exact) mass is 282 g/mol. The summed E-state index contributed by atoms with van der Waals surface area (Å²) in [5.41, 5.74) is 0.817.